The van der Waals surface area contributed by atoms with Crippen LogP contribution in [-0.2, 0) is 4.74 Å². The summed E-state index contributed by atoms with van der Waals surface area (Å²) in [5.41, 5.74) is 8.83. The zero-order valence-corrected chi connectivity index (χ0v) is 9.83. The van der Waals surface area contributed by atoms with Crippen LogP contribution in [0.15, 0.2) is 18.2 Å². The highest BCUT2D eigenvalue weighted by molar-refractivity contribution is 5.56. The van der Waals surface area contributed by atoms with Crippen molar-refractivity contribution >= 4 is 11.4 Å². The largest absolute Gasteiger partial charge is 0.399 e. The number of anilines is 2. The highest BCUT2D eigenvalue weighted by atomic mass is 16.5. The van der Waals surface area contributed by atoms with Crippen LogP contribution in [0.2, 0.25) is 0 Å². The van der Waals surface area contributed by atoms with Crippen LogP contribution >= 0.6 is 0 Å². The number of nitrogens with one attached hydrogen (secondary N) is 1. The SMILES string of the molecule is Cc1cc(N)cc(NCCOCC2CC2)c1. The summed E-state index contributed by atoms with van der Waals surface area (Å²) in [6, 6.07) is 6.01. The Kier molecular flexibility index (Phi) is 3.67. The third-order valence-corrected chi connectivity index (χ3v) is 2.73. The Labute approximate surface area is 97.0 Å². The molecule has 16 heavy (non-hydrogen) atoms. The fourth-order valence-electron chi connectivity index (χ4n) is 1.72. The lowest BCUT2D eigenvalue weighted by Crippen LogP contribution is -2.10. The molecule has 1 aromatic rings. The van der Waals surface area contributed by atoms with Crippen molar-refractivity contribution in [2.45, 2.75) is 19.8 Å². The number of ether oxygens (including phenoxy) is 1. The molecule has 3 heteroatoms. The molecular weight excluding hydrogens is 200 g/mol. The van der Waals surface area contributed by atoms with Gasteiger partial charge >= 0.3 is 0 Å². The average molecular weight is 220 g/mol. The molecule has 0 spiro atoms. The number of nitrogen functional groups attached to an aromatic ring is 1. The number of benzene rings is 1. The van der Waals surface area contributed by atoms with Crippen LogP contribution in [0.4, 0.5) is 11.4 Å². The highest BCUT2D eigenvalue weighted by Gasteiger charge is 2.20. The molecule has 0 unspecified atom stereocenters. The number of aryl methyl sites for hydroxylation is 1. The Balaban J connectivity index is 1.67. The maximum absolute atomic E-state index is 5.77. The quantitative estimate of drug-likeness (QED) is 0.571. The third kappa shape index (κ3) is 3.74. The van der Waals surface area contributed by atoms with E-state index < -0.39 is 0 Å². The van der Waals surface area contributed by atoms with Crippen molar-refractivity contribution < 1.29 is 4.74 Å². The van der Waals surface area contributed by atoms with Gasteiger partial charge in [-0.2, -0.15) is 0 Å². The molecule has 0 bridgehead atoms. The van der Waals surface area contributed by atoms with Crippen molar-refractivity contribution in [3.8, 4) is 0 Å². The standard InChI is InChI=1S/C13H20N2O/c1-10-6-12(14)8-13(7-10)15-4-5-16-9-11-2-3-11/h6-8,11,15H,2-5,9,14H2,1H3. The van der Waals surface area contributed by atoms with Gasteiger partial charge in [-0.05, 0) is 49.4 Å². The molecule has 1 aliphatic carbocycles. The van der Waals surface area contributed by atoms with Crippen LogP contribution in [0, 0.1) is 12.8 Å². The first-order valence-electron chi connectivity index (χ1n) is 5.93. The van der Waals surface area contributed by atoms with Crippen molar-refractivity contribution in [2.24, 2.45) is 5.92 Å². The second kappa shape index (κ2) is 5.21. The number of nitrogens with two attached hydrogens (primary N) is 1. The zero-order valence-electron chi connectivity index (χ0n) is 9.83. The van der Waals surface area contributed by atoms with E-state index in [9.17, 15) is 0 Å². The molecule has 3 nitrogen and oxygen atoms in total. The van der Waals surface area contributed by atoms with Gasteiger partial charge in [0.2, 0.25) is 0 Å². The average Bonchev–Trinajstić information content (AvgIpc) is 2.99. The minimum Gasteiger partial charge on any atom is -0.399 e. The Morgan fingerprint density at radius 2 is 2.19 bits per heavy atom. The van der Waals surface area contributed by atoms with Gasteiger partial charge in [0, 0.05) is 24.5 Å². The van der Waals surface area contributed by atoms with Crippen LogP contribution in [0.25, 0.3) is 0 Å². The van der Waals surface area contributed by atoms with E-state index in [4.69, 9.17) is 10.5 Å². The topological polar surface area (TPSA) is 47.3 Å². The van der Waals surface area contributed by atoms with Gasteiger partial charge in [-0.25, -0.2) is 0 Å². The van der Waals surface area contributed by atoms with Crippen LogP contribution < -0.4 is 11.1 Å². The number of rotatable bonds is 6. The van der Waals surface area contributed by atoms with E-state index in [-0.39, 0.29) is 0 Å². The Hall–Kier alpha value is -1.22. The van der Waals surface area contributed by atoms with Crippen LogP contribution in [0.1, 0.15) is 18.4 Å². The Morgan fingerprint density at radius 3 is 2.88 bits per heavy atom. The van der Waals surface area contributed by atoms with Crippen LogP contribution in [-0.4, -0.2) is 19.8 Å². The third-order valence-electron chi connectivity index (χ3n) is 2.73. The van der Waals surface area contributed by atoms with Gasteiger partial charge in [-0.3, -0.25) is 0 Å². The molecule has 0 atom stereocenters. The molecule has 3 N–H and O–H groups in total. The van der Waals surface area contributed by atoms with Gasteiger partial charge in [0.25, 0.3) is 0 Å². The summed E-state index contributed by atoms with van der Waals surface area (Å²) in [5, 5.41) is 3.32. The fraction of sp³-hybridized carbons (Fsp3) is 0.538. The second-order valence-electron chi connectivity index (χ2n) is 4.58. The summed E-state index contributed by atoms with van der Waals surface area (Å²) in [7, 11) is 0. The van der Waals surface area contributed by atoms with Crippen molar-refractivity contribution in [3.63, 3.8) is 0 Å². The van der Waals surface area contributed by atoms with Gasteiger partial charge in [0.15, 0.2) is 0 Å². The smallest absolute Gasteiger partial charge is 0.0639 e. The molecule has 1 fully saturated rings. The molecule has 0 amide bonds. The normalized spacial score (nSPS) is 15.1. The van der Waals surface area contributed by atoms with Crippen LogP contribution in [0.3, 0.4) is 0 Å². The number of hydrogen-bond acceptors (Lipinski definition) is 3. The van der Waals surface area contributed by atoms with Crippen LogP contribution in [0.5, 0.6) is 0 Å². The highest BCUT2D eigenvalue weighted by Crippen LogP contribution is 2.28. The molecule has 0 saturated heterocycles. The van der Waals surface area contributed by atoms with E-state index in [1.54, 1.807) is 0 Å². The van der Waals surface area contributed by atoms with Gasteiger partial charge in [0.05, 0.1) is 6.61 Å². The van der Waals surface area contributed by atoms with E-state index in [0.717, 1.165) is 37.1 Å². The zero-order chi connectivity index (χ0) is 11.4. The Morgan fingerprint density at radius 1 is 1.38 bits per heavy atom. The summed E-state index contributed by atoms with van der Waals surface area (Å²) in [4.78, 5) is 0. The lowest BCUT2D eigenvalue weighted by molar-refractivity contribution is 0.134. The lowest BCUT2D eigenvalue weighted by Gasteiger charge is -2.08. The monoisotopic (exact) mass is 220 g/mol. The van der Waals surface area contributed by atoms with Crippen molar-refractivity contribution in [3.05, 3.63) is 23.8 Å². The predicted octanol–water partition coefficient (Wildman–Crippen LogP) is 2.42. The molecule has 2 rings (SSSR count). The minimum atomic E-state index is 0.768. The van der Waals surface area contributed by atoms with E-state index in [0.29, 0.717) is 0 Å². The van der Waals surface area contributed by atoms with E-state index in [1.165, 1.54) is 18.4 Å². The number of hydrogen-bond donors (Lipinski definition) is 2. The summed E-state index contributed by atoms with van der Waals surface area (Å²) < 4.78 is 5.55. The maximum atomic E-state index is 5.77. The summed E-state index contributed by atoms with van der Waals surface area (Å²) in [5.74, 6) is 0.842. The van der Waals surface area contributed by atoms with Gasteiger partial charge in [-0.1, -0.05) is 0 Å². The van der Waals surface area contributed by atoms with Gasteiger partial charge < -0.3 is 15.8 Å². The molecule has 88 valence electrons. The first-order chi connectivity index (χ1) is 7.74. The fourth-order valence-corrected chi connectivity index (χ4v) is 1.72. The second-order valence-corrected chi connectivity index (χ2v) is 4.58. The van der Waals surface area contributed by atoms with Crippen molar-refractivity contribution in [1.82, 2.24) is 0 Å². The van der Waals surface area contributed by atoms with E-state index >= 15 is 0 Å². The van der Waals surface area contributed by atoms with E-state index in [1.807, 2.05) is 19.1 Å². The minimum absolute atomic E-state index is 0.768. The molecule has 0 radical (unpaired) electrons. The molecular formula is C13H20N2O. The predicted molar refractivity (Wildman–Crippen MR) is 67.6 cm³/mol. The van der Waals surface area contributed by atoms with E-state index in [2.05, 4.69) is 11.4 Å². The summed E-state index contributed by atoms with van der Waals surface area (Å²) in [6.45, 7) is 4.59. The van der Waals surface area contributed by atoms with Gasteiger partial charge in [0.1, 0.15) is 0 Å². The summed E-state index contributed by atoms with van der Waals surface area (Å²) >= 11 is 0. The summed E-state index contributed by atoms with van der Waals surface area (Å²) in [6.07, 6.45) is 2.70. The van der Waals surface area contributed by atoms with Gasteiger partial charge in [-0.15, -0.1) is 0 Å². The molecule has 0 heterocycles. The van der Waals surface area contributed by atoms with Crippen molar-refractivity contribution in [1.29, 1.82) is 0 Å². The first-order valence-corrected chi connectivity index (χ1v) is 5.93. The molecule has 1 aliphatic rings. The first kappa shape index (κ1) is 11.3. The van der Waals surface area contributed by atoms with Crippen molar-refractivity contribution in [2.75, 3.05) is 30.8 Å². The molecule has 0 aromatic heterocycles. The maximum Gasteiger partial charge on any atom is 0.0639 e. The molecule has 1 saturated carbocycles. The Bertz CT molecular complexity index is 328. The molecule has 1 aromatic carbocycles. The lowest BCUT2D eigenvalue weighted by atomic mass is 10.2. The molecule has 0 aliphatic heterocycles.